The van der Waals surface area contributed by atoms with Gasteiger partial charge in [-0.15, -0.1) is 0 Å². The number of anilines is 1. The van der Waals surface area contributed by atoms with Gasteiger partial charge >= 0.3 is 0 Å². The van der Waals surface area contributed by atoms with Crippen LogP contribution >= 0.6 is 0 Å². The number of nitrogens with two attached hydrogens (primary N) is 1. The molecule has 3 atom stereocenters. The Balaban J connectivity index is 2.33. The second-order valence-electron chi connectivity index (χ2n) is 5.22. The normalized spacial score (nSPS) is 21.5. The molecule has 1 aromatic carbocycles. The highest BCUT2D eigenvalue weighted by Crippen LogP contribution is 2.36. The summed E-state index contributed by atoms with van der Waals surface area (Å²) in [7, 11) is 0. The predicted octanol–water partition coefficient (Wildman–Crippen LogP) is 2.06. The summed E-state index contributed by atoms with van der Waals surface area (Å²) in [4.78, 5) is 2.30. The quantitative estimate of drug-likeness (QED) is 0.874. The average Bonchev–Trinajstić information content (AvgIpc) is 2.44. The van der Waals surface area contributed by atoms with Gasteiger partial charge in [0.05, 0.1) is 18.3 Å². The number of hydrogen-bond donors (Lipinski definition) is 2. The Bertz CT molecular complexity index is 434. The summed E-state index contributed by atoms with van der Waals surface area (Å²) in [6, 6.07) is 5.57. The molecule has 1 heterocycles. The van der Waals surface area contributed by atoms with Crippen LogP contribution in [0.5, 0.6) is 5.75 Å². The maximum Gasteiger partial charge on any atom is 0.143 e. The molecule has 1 aromatic rings. The van der Waals surface area contributed by atoms with E-state index in [4.69, 9.17) is 10.5 Å². The van der Waals surface area contributed by atoms with E-state index in [0.29, 0.717) is 0 Å². The molecular formula is C15H24N2O2. The van der Waals surface area contributed by atoms with Crippen molar-refractivity contribution in [2.24, 2.45) is 5.73 Å². The summed E-state index contributed by atoms with van der Waals surface area (Å²) < 4.78 is 5.95. The van der Waals surface area contributed by atoms with Crippen molar-refractivity contribution in [3.63, 3.8) is 0 Å². The maximum absolute atomic E-state index is 10.1. The number of aliphatic hydroxyl groups excluding tert-OH is 1. The number of aliphatic hydroxyl groups is 1. The molecular weight excluding hydrogens is 240 g/mol. The lowest BCUT2D eigenvalue weighted by molar-refractivity contribution is 0.152. The Morgan fingerprint density at radius 2 is 2.21 bits per heavy atom. The van der Waals surface area contributed by atoms with Gasteiger partial charge in [0.1, 0.15) is 11.9 Å². The van der Waals surface area contributed by atoms with Crippen LogP contribution in [0.4, 0.5) is 5.69 Å². The van der Waals surface area contributed by atoms with Crippen LogP contribution < -0.4 is 15.4 Å². The van der Waals surface area contributed by atoms with E-state index < -0.39 is 6.10 Å². The Hall–Kier alpha value is -1.26. The summed E-state index contributed by atoms with van der Waals surface area (Å²) in [5.74, 6) is 0.903. The largest absolute Gasteiger partial charge is 0.486 e. The van der Waals surface area contributed by atoms with Gasteiger partial charge in [0.15, 0.2) is 0 Å². The minimum Gasteiger partial charge on any atom is -0.486 e. The van der Waals surface area contributed by atoms with E-state index in [1.165, 1.54) is 0 Å². The lowest BCUT2D eigenvalue weighted by atomic mass is 10.0. The van der Waals surface area contributed by atoms with Crippen LogP contribution in [0.2, 0.25) is 0 Å². The van der Waals surface area contributed by atoms with Crippen LogP contribution in [0.25, 0.3) is 0 Å². The zero-order chi connectivity index (χ0) is 14.0. The third kappa shape index (κ3) is 2.85. The van der Waals surface area contributed by atoms with E-state index in [2.05, 4.69) is 18.7 Å². The van der Waals surface area contributed by atoms with Crippen molar-refractivity contribution in [3.8, 4) is 5.75 Å². The van der Waals surface area contributed by atoms with Crippen molar-refractivity contribution in [1.29, 1.82) is 0 Å². The van der Waals surface area contributed by atoms with Gasteiger partial charge in [-0.2, -0.15) is 0 Å². The molecule has 0 amide bonds. The smallest absolute Gasteiger partial charge is 0.143 e. The Kier molecular flexibility index (Phi) is 4.32. The van der Waals surface area contributed by atoms with Crippen molar-refractivity contribution in [2.75, 3.05) is 18.0 Å². The molecule has 0 bridgehead atoms. The number of rotatable bonds is 4. The highest BCUT2D eigenvalue weighted by Gasteiger charge is 2.25. The molecule has 0 aromatic heterocycles. The Morgan fingerprint density at radius 1 is 1.47 bits per heavy atom. The number of hydrogen-bond acceptors (Lipinski definition) is 4. The van der Waals surface area contributed by atoms with Crippen molar-refractivity contribution in [3.05, 3.63) is 23.8 Å². The van der Waals surface area contributed by atoms with E-state index in [9.17, 15) is 5.11 Å². The van der Waals surface area contributed by atoms with Gasteiger partial charge in [-0.05, 0) is 38.0 Å². The second kappa shape index (κ2) is 5.80. The van der Waals surface area contributed by atoms with Crippen molar-refractivity contribution in [1.82, 2.24) is 0 Å². The first kappa shape index (κ1) is 14.2. The van der Waals surface area contributed by atoms with Crippen LogP contribution in [0.15, 0.2) is 18.2 Å². The Morgan fingerprint density at radius 3 is 2.79 bits per heavy atom. The zero-order valence-corrected chi connectivity index (χ0v) is 12.0. The second-order valence-corrected chi connectivity index (χ2v) is 5.22. The van der Waals surface area contributed by atoms with E-state index in [1.54, 1.807) is 0 Å². The summed E-state index contributed by atoms with van der Waals surface area (Å²) in [6.07, 6.45) is 0.615. The molecule has 2 rings (SSSR count). The predicted molar refractivity (Wildman–Crippen MR) is 77.6 cm³/mol. The fraction of sp³-hybridized carbons (Fsp3) is 0.600. The van der Waals surface area contributed by atoms with Crippen LogP contribution in [0.1, 0.15) is 38.9 Å². The molecule has 0 saturated heterocycles. The van der Waals surface area contributed by atoms with Crippen LogP contribution in [0, 0.1) is 0 Å². The first-order chi connectivity index (χ1) is 9.06. The molecule has 3 unspecified atom stereocenters. The van der Waals surface area contributed by atoms with Gasteiger partial charge in [0.2, 0.25) is 0 Å². The number of ether oxygens (including phenoxy) is 1. The number of likely N-dealkylation sites (N-methyl/N-ethyl adjacent to an activating group) is 1. The molecule has 1 aliphatic rings. The van der Waals surface area contributed by atoms with Gasteiger partial charge in [0, 0.05) is 12.6 Å². The first-order valence-corrected chi connectivity index (χ1v) is 7.06. The SMILES string of the molecule is CCC1CN(CC)c2cc(C(O)C(C)N)ccc2O1. The number of benzene rings is 1. The van der Waals surface area contributed by atoms with E-state index in [0.717, 1.165) is 36.5 Å². The maximum atomic E-state index is 10.1. The minimum absolute atomic E-state index is 0.247. The molecule has 0 spiro atoms. The molecule has 0 saturated carbocycles. The van der Waals surface area contributed by atoms with E-state index in [-0.39, 0.29) is 12.1 Å². The van der Waals surface area contributed by atoms with Crippen LogP contribution in [0.3, 0.4) is 0 Å². The van der Waals surface area contributed by atoms with Crippen LogP contribution in [-0.4, -0.2) is 30.3 Å². The zero-order valence-electron chi connectivity index (χ0n) is 12.0. The molecule has 19 heavy (non-hydrogen) atoms. The molecule has 4 nitrogen and oxygen atoms in total. The lowest BCUT2D eigenvalue weighted by Gasteiger charge is -2.36. The molecule has 4 heteroatoms. The highest BCUT2D eigenvalue weighted by atomic mass is 16.5. The molecule has 0 aliphatic carbocycles. The van der Waals surface area contributed by atoms with E-state index >= 15 is 0 Å². The fourth-order valence-corrected chi connectivity index (χ4v) is 2.44. The van der Waals surface area contributed by atoms with Crippen LogP contribution in [-0.2, 0) is 0 Å². The molecule has 3 N–H and O–H groups in total. The summed E-state index contributed by atoms with van der Waals surface area (Å²) in [6.45, 7) is 7.92. The van der Waals surface area contributed by atoms with Crippen molar-refractivity contribution >= 4 is 5.69 Å². The Labute approximate surface area is 115 Å². The lowest BCUT2D eigenvalue weighted by Crippen LogP contribution is -2.39. The number of fused-ring (bicyclic) bond motifs is 1. The standard InChI is InChI=1S/C15H24N2O2/c1-4-12-9-17(5-2)13-8-11(15(18)10(3)16)6-7-14(13)19-12/h6-8,10,12,15,18H,4-5,9,16H2,1-3H3. The molecule has 0 radical (unpaired) electrons. The minimum atomic E-state index is -0.632. The molecule has 106 valence electrons. The first-order valence-electron chi connectivity index (χ1n) is 7.06. The molecule has 0 fully saturated rings. The monoisotopic (exact) mass is 264 g/mol. The van der Waals surface area contributed by atoms with Crippen molar-refractivity contribution < 1.29 is 9.84 Å². The third-order valence-electron chi connectivity index (χ3n) is 3.72. The topological polar surface area (TPSA) is 58.7 Å². The summed E-state index contributed by atoms with van der Waals surface area (Å²) >= 11 is 0. The number of nitrogens with zero attached hydrogens (tertiary/aromatic N) is 1. The van der Waals surface area contributed by atoms with Gasteiger partial charge in [-0.3, -0.25) is 0 Å². The van der Waals surface area contributed by atoms with Gasteiger partial charge < -0.3 is 20.5 Å². The highest BCUT2D eigenvalue weighted by molar-refractivity contribution is 5.62. The molecule has 1 aliphatic heterocycles. The summed E-state index contributed by atoms with van der Waals surface area (Å²) in [5, 5.41) is 10.1. The summed E-state index contributed by atoms with van der Waals surface area (Å²) in [5.41, 5.74) is 7.67. The average molecular weight is 264 g/mol. The van der Waals surface area contributed by atoms with E-state index in [1.807, 2.05) is 25.1 Å². The van der Waals surface area contributed by atoms with Gasteiger partial charge in [0.25, 0.3) is 0 Å². The third-order valence-corrected chi connectivity index (χ3v) is 3.72. The van der Waals surface area contributed by atoms with Gasteiger partial charge in [-0.25, -0.2) is 0 Å². The van der Waals surface area contributed by atoms with Gasteiger partial charge in [-0.1, -0.05) is 13.0 Å². The fourth-order valence-electron chi connectivity index (χ4n) is 2.44. The van der Waals surface area contributed by atoms with Crippen molar-refractivity contribution in [2.45, 2.75) is 45.4 Å².